The minimum atomic E-state index is 0.495. The Morgan fingerprint density at radius 3 is 1.61 bits per heavy atom. The normalized spacial score (nSPS) is 10.1. The Balaban J connectivity index is 2.08. The maximum absolute atomic E-state index is 2.48. The van der Waals surface area contributed by atoms with Gasteiger partial charge in [-0.1, -0.05) is 0 Å². The fraction of sp³-hybridized carbons (Fsp3) is 0.0667. The number of hydrogen-bond acceptors (Lipinski definition) is 0. The van der Waals surface area contributed by atoms with Gasteiger partial charge in [0.25, 0.3) is 0 Å². The Morgan fingerprint density at radius 1 is 0.778 bits per heavy atom. The summed E-state index contributed by atoms with van der Waals surface area (Å²) in [7, 11) is 0. The molecule has 92 valence electrons. The second kappa shape index (κ2) is 8.02. The molecule has 0 fully saturated rings. The molecule has 0 saturated carbocycles. The van der Waals surface area contributed by atoms with Crippen molar-refractivity contribution in [2.75, 3.05) is 0 Å². The van der Waals surface area contributed by atoms with Gasteiger partial charge >= 0.3 is 129 Å². The molecule has 2 aromatic carbocycles. The zero-order valence-electron chi connectivity index (χ0n) is 10.1. The molecular formula is C15H14Se3. The van der Waals surface area contributed by atoms with Crippen LogP contribution in [0, 0.1) is 0 Å². The van der Waals surface area contributed by atoms with E-state index in [1.54, 1.807) is 3.37 Å². The Bertz CT molecular complexity index is 448. The third-order valence-electron chi connectivity index (χ3n) is 2.14. The molecule has 0 aromatic heterocycles. The summed E-state index contributed by atoms with van der Waals surface area (Å²) in [5, 5.41) is 0. The topological polar surface area (TPSA) is 0 Å². The van der Waals surface area contributed by atoms with Gasteiger partial charge in [-0.2, -0.15) is 0 Å². The molecule has 18 heavy (non-hydrogen) atoms. The fourth-order valence-corrected chi connectivity index (χ4v) is 9.97. The van der Waals surface area contributed by atoms with E-state index in [4.69, 9.17) is 0 Å². The van der Waals surface area contributed by atoms with Gasteiger partial charge in [-0.25, -0.2) is 0 Å². The van der Waals surface area contributed by atoms with E-state index in [0.717, 1.165) is 0 Å². The van der Waals surface area contributed by atoms with E-state index in [1.807, 2.05) is 0 Å². The van der Waals surface area contributed by atoms with Gasteiger partial charge in [0.15, 0.2) is 0 Å². The van der Waals surface area contributed by atoms with Gasteiger partial charge < -0.3 is 0 Å². The molecule has 0 radical (unpaired) electrons. The molecule has 0 heterocycles. The van der Waals surface area contributed by atoms with Crippen LogP contribution in [0.1, 0.15) is 0 Å². The van der Waals surface area contributed by atoms with Crippen LogP contribution in [-0.2, 0) is 0 Å². The van der Waals surface area contributed by atoms with Gasteiger partial charge in [-0.3, -0.25) is 0 Å². The van der Waals surface area contributed by atoms with Crippen molar-refractivity contribution in [3.8, 4) is 0 Å². The zero-order chi connectivity index (χ0) is 12.6. The van der Waals surface area contributed by atoms with E-state index >= 15 is 0 Å². The SMILES string of the molecule is C[Se]C=C([Se]c1ccccc1)[Se]c1ccccc1. The Labute approximate surface area is 128 Å². The molecule has 2 rings (SSSR count). The average Bonchev–Trinajstić information content (AvgIpc) is 2.41. The van der Waals surface area contributed by atoms with Crippen molar-refractivity contribution < 1.29 is 0 Å². The van der Waals surface area contributed by atoms with Gasteiger partial charge in [0.1, 0.15) is 0 Å². The number of rotatable bonds is 5. The molecule has 0 N–H and O–H groups in total. The summed E-state index contributed by atoms with van der Waals surface area (Å²) < 4.78 is 4.63. The summed E-state index contributed by atoms with van der Waals surface area (Å²) in [6.07, 6.45) is 0. The summed E-state index contributed by atoms with van der Waals surface area (Å²) in [6, 6.07) is 21.7. The molecule has 0 saturated heterocycles. The molecule has 0 aliphatic rings. The molecular weight excluding hydrogens is 417 g/mol. The Kier molecular flexibility index (Phi) is 6.31. The first-order valence-electron chi connectivity index (χ1n) is 5.57. The van der Waals surface area contributed by atoms with E-state index in [0.29, 0.717) is 44.9 Å². The summed E-state index contributed by atoms with van der Waals surface area (Å²) >= 11 is 1.62. The van der Waals surface area contributed by atoms with Crippen molar-refractivity contribution in [2.45, 2.75) is 5.82 Å². The molecule has 0 nitrogen and oxygen atoms in total. The average molecular weight is 431 g/mol. The van der Waals surface area contributed by atoms with Gasteiger partial charge in [0.2, 0.25) is 0 Å². The van der Waals surface area contributed by atoms with Crippen LogP contribution >= 0.6 is 0 Å². The molecule has 3 heteroatoms. The molecule has 0 unspecified atom stereocenters. The van der Waals surface area contributed by atoms with E-state index in [2.05, 4.69) is 71.5 Å². The predicted molar refractivity (Wildman–Crippen MR) is 83.4 cm³/mol. The van der Waals surface area contributed by atoms with Crippen LogP contribution in [0.2, 0.25) is 5.82 Å². The Morgan fingerprint density at radius 2 is 1.22 bits per heavy atom. The van der Waals surface area contributed by atoms with Crippen molar-refractivity contribution in [1.82, 2.24) is 0 Å². The molecule has 0 spiro atoms. The van der Waals surface area contributed by atoms with Crippen LogP contribution in [0.3, 0.4) is 0 Å². The second-order valence-electron chi connectivity index (χ2n) is 3.50. The third-order valence-corrected chi connectivity index (χ3v) is 9.93. The van der Waals surface area contributed by atoms with E-state index in [9.17, 15) is 0 Å². The van der Waals surface area contributed by atoms with Crippen LogP contribution < -0.4 is 8.92 Å². The minimum absolute atomic E-state index is 0.495. The predicted octanol–water partition coefficient (Wildman–Crippen LogP) is 1.60. The quantitative estimate of drug-likeness (QED) is 0.632. The monoisotopic (exact) mass is 434 g/mol. The molecule has 0 bridgehead atoms. The standard InChI is InChI=1S/C15H14Se3/c1-16-12-15(17-13-8-4-2-5-9-13)18-14-10-6-3-7-11-14/h2-12H,1H3. The molecule has 2 aromatic rings. The molecule has 0 amide bonds. The second-order valence-corrected chi connectivity index (χ2v) is 11.0. The van der Waals surface area contributed by atoms with Crippen molar-refractivity contribution in [3.63, 3.8) is 0 Å². The summed E-state index contributed by atoms with van der Waals surface area (Å²) in [6.45, 7) is 0. The number of benzene rings is 2. The van der Waals surface area contributed by atoms with Gasteiger partial charge in [-0.05, 0) is 0 Å². The van der Waals surface area contributed by atoms with Gasteiger partial charge in [-0.15, -0.1) is 0 Å². The van der Waals surface area contributed by atoms with E-state index in [1.165, 1.54) is 8.92 Å². The van der Waals surface area contributed by atoms with E-state index in [-0.39, 0.29) is 0 Å². The van der Waals surface area contributed by atoms with Gasteiger partial charge in [0, 0.05) is 0 Å². The van der Waals surface area contributed by atoms with Crippen molar-refractivity contribution in [3.05, 3.63) is 69.0 Å². The summed E-state index contributed by atoms with van der Waals surface area (Å²) in [5.74, 6) is 2.29. The van der Waals surface area contributed by atoms with Crippen molar-refractivity contribution in [1.29, 1.82) is 0 Å². The van der Waals surface area contributed by atoms with Gasteiger partial charge in [0.05, 0.1) is 0 Å². The molecule has 0 aliphatic heterocycles. The van der Waals surface area contributed by atoms with Crippen LogP contribution in [0.25, 0.3) is 0 Å². The first kappa shape index (κ1) is 14.2. The number of hydrogen-bond donors (Lipinski definition) is 0. The van der Waals surface area contributed by atoms with Crippen LogP contribution in [0.4, 0.5) is 0 Å². The van der Waals surface area contributed by atoms with Crippen LogP contribution in [-0.4, -0.2) is 44.9 Å². The van der Waals surface area contributed by atoms with Crippen LogP contribution in [0.5, 0.6) is 0 Å². The van der Waals surface area contributed by atoms with E-state index < -0.39 is 0 Å². The zero-order valence-corrected chi connectivity index (χ0v) is 15.2. The van der Waals surface area contributed by atoms with Crippen LogP contribution in [0.15, 0.2) is 69.0 Å². The Hall–Kier alpha value is -0.262. The summed E-state index contributed by atoms with van der Waals surface area (Å²) in [4.78, 5) is 2.48. The summed E-state index contributed by atoms with van der Waals surface area (Å²) in [5.41, 5.74) is 0. The van der Waals surface area contributed by atoms with Crippen molar-refractivity contribution in [2.24, 2.45) is 0 Å². The fourth-order valence-electron chi connectivity index (χ4n) is 1.37. The first-order chi connectivity index (χ1) is 8.88. The maximum atomic E-state index is 2.48. The first-order valence-corrected chi connectivity index (χ1v) is 11.7. The molecule has 0 aliphatic carbocycles. The van der Waals surface area contributed by atoms with Crippen molar-refractivity contribution >= 4 is 53.8 Å². The third kappa shape index (κ3) is 4.78. The molecule has 0 atom stereocenters.